The molecular weight excluding hydrogens is 344 g/mol. The number of methoxy groups -OCH3 is 1. The number of hydrogen-bond donors (Lipinski definition) is 7. The van der Waals surface area contributed by atoms with Gasteiger partial charge in [-0.1, -0.05) is 0 Å². The summed E-state index contributed by atoms with van der Waals surface area (Å²) in [6.45, 7) is -0.0320. The van der Waals surface area contributed by atoms with Crippen molar-refractivity contribution in [3.8, 4) is 0 Å². The van der Waals surface area contributed by atoms with Crippen LogP contribution in [0.1, 0.15) is 6.92 Å². The first kappa shape index (κ1) is 22.6. The second-order valence-electron chi connectivity index (χ2n) is 5.85. The summed E-state index contributed by atoms with van der Waals surface area (Å²) in [7, 11) is 1.26. The fourth-order valence-electron chi connectivity index (χ4n) is 2.31. The van der Waals surface area contributed by atoms with Gasteiger partial charge in [0.05, 0.1) is 19.3 Å². The van der Waals surface area contributed by atoms with Crippen molar-refractivity contribution in [2.24, 2.45) is 0 Å². The molecule has 150 valence electrons. The minimum Gasteiger partial charge on any atom is -0.394 e. The molecule has 0 aromatic heterocycles. The van der Waals surface area contributed by atoms with Crippen molar-refractivity contribution in [3.63, 3.8) is 0 Å². The van der Waals surface area contributed by atoms with Crippen LogP contribution >= 0.6 is 0 Å². The average molecular weight is 372 g/mol. The molecular formula is C14H28O11. The van der Waals surface area contributed by atoms with Crippen LogP contribution in [-0.2, 0) is 18.9 Å². The fraction of sp³-hybridized carbons (Fsp3) is 1.00. The van der Waals surface area contributed by atoms with Crippen LogP contribution in [0.4, 0.5) is 0 Å². The predicted molar refractivity (Wildman–Crippen MR) is 80.2 cm³/mol. The van der Waals surface area contributed by atoms with Gasteiger partial charge < -0.3 is 54.7 Å². The maximum atomic E-state index is 9.85. The van der Waals surface area contributed by atoms with E-state index in [0.717, 1.165) is 0 Å². The number of hydrogen-bond acceptors (Lipinski definition) is 11. The largest absolute Gasteiger partial charge is 0.394 e. The summed E-state index contributed by atoms with van der Waals surface area (Å²) in [5.74, 6) is 0. The summed E-state index contributed by atoms with van der Waals surface area (Å²) < 4.78 is 20.3. The molecule has 6 unspecified atom stereocenters. The van der Waals surface area contributed by atoms with Crippen molar-refractivity contribution >= 4 is 0 Å². The third-order valence-electron chi connectivity index (χ3n) is 3.95. The lowest BCUT2D eigenvalue weighted by Gasteiger charge is -2.39. The van der Waals surface area contributed by atoms with Gasteiger partial charge in [0.1, 0.15) is 49.5 Å². The highest BCUT2D eigenvalue weighted by atomic mass is 16.7. The van der Waals surface area contributed by atoms with Crippen LogP contribution in [0, 0.1) is 0 Å². The smallest absolute Gasteiger partial charge is 0.186 e. The minimum absolute atomic E-state index is 0.238. The van der Waals surface area contributed by atoms with Crippen LogP contribution in [0.25, 0.3) is 0 Å². The van der Waals surface area contributed by atoms with Gasteiger partial charge in [-0.15, -0.1) is 0 Å². The number of aliphatic hydroxyl groups excluding tert-OH is 7. The van der Waals surface area contributed by atoms with E-state index in [9.17, 15) is 35.7 Å². The van der Waals surface area contributed by atoms with Crippen molar-refractivity contribution in [2.75, 3.05) is 27.1 Å². The molecule has 0 bridgehead atoms. The van der Waals surface area contributed by atoms with Gasteiger partial charge in [-0.25, -0.2) is 0 Å². The van der Waals surface area contributed by atoms with Gasteiger partial charge in [0.15, 0.2) is 6.29 Å². The Kier molecular flexibility index (Phi) is 9.62. The molecule has 9 atom stereocenters. The second kappa shape index (κ2) is 10.6. The molecule has 1 aliphatic rings. The Balaban J connectivity index is 2.43. The Hall–Kier alpha value is -0.440. The maximum absolute atomic E-state index is 9.85. The molecule has 0 radical (unpaired) electrons. The van der Waals surface area contributed by atoms with Crippen LogP contribution in [0.3, 0.4) is 0 Å². The van der Waals surface area contributed by atoms with Gasteiger partial charge in [-0.05, 0) is 6.92 Å². The summed E-state index contributed by atoms with van der Waals surface area (Å²) in [5, 5.41) is 66.9. The van der Waals surface area contributed by atoms with Crippen molar-refractivity contribution in [1.82, 2.24) is 0 Å². The Bertz CT molecular complexity index is 367. The molecule has 0 amide bonds. The lowest BCUT2D eigenvalue weighted by atomic mass is 9.99. The van der Waals surface area contributed by atoms with Crippen molar-refractivity contribution < 1.29 is 54.7 Å². The molecule has 1 aliphatic heterocycles. The third-order valence-corrected chi connectivity index (χ3v) is 3.95. The van der Waals surface area contributed by atoms with E-state index in [-0.39, 0.29) is 6.61 Å². The Morgan fingerprint density at radius 3 is 2.16 bits per heavy atom. The third kappa shape index (κ3) is 6.05. The zero-order valence-corrected chi connectivity index (χ0v) is 14.1. The van der Waals surface area contributed by atoms with Crippen LogP contribution in [-0.4, -0.2) is 118 Å². The fourth-order valence-corrected chi connectivity index (χ4v) is 2.31. The van der Waals surface area contributed by atoms with Crippen LogP contribution in [0.5, 0.6) is 0 Å². The van der Waals surface area contributed by atoms with Crippen molar-refractivity contribution in [1.29, 1.82) is 0 Å². The van der Waals surface area contributed by atoms with Gasteiger partial charge >= 0.3 is 0 Å². The number of ether oxygens (including phenoxy) is 4. The van der Waals surface area contributed by atoms with Crippen molar-refractivity contribution in [2.45, 2.75) is 62.0 Å². The monoisotopic (exact) mass is 372 g/mol. The van der Waals surface area contributed by atoms with E-state index in [1.165, 1.54) is 14.0 Å². The first-order valence-corrected chi connectivity index (χ1v) is 7.81. The van der Waals surface area contributed by atoms with Crippen LogP contribution < -0.4 is 0 Å². The van der Waals surface area contributed by atoms with E-state index in [2.05, 4.69) is 0 Å². The molecule has 0 saturated carbocycles. The normalized spacial score (nSPS) is 35.2. The lowest BCUT2D eigenvalue weighted by Crippen LogP contribution is -2.59. The molecule has 0 aromatic rings. The van der Waals surface area contributed by atoms with E-state index in [1.807, 2.05) is 0 Å². The summed E-state index contributed by atoms with van der Waals surface area (Å²) in [5.41, 5.74) is 0. The first-order valence-electron chi connectivity index (χ1n) is 7.81. The number of aliphatic hydroxyl groups is 7. The zero-order chi connectivity index (χ0) is 19.1. The van der Waals surface area contributed by atoms with E-state index >= 15 is 0 Å². The molecule has 1 heterocycles. The molecule has 11 heteroatoms. The summed E-state index contributed by atoms with van der Waals surface area (Å²) in [4.78, 5) is 0. The maximum Gasteiger partial charge on any atom is 0.186 e. The highest BCUT2D eigenvalue weighted by molar-refractivity contribution is 4.89. The molecule has 7 N–H and O–H groups in total. The quantitative estimate of drug-likeness (QED) is 0.146. The lowest BCUT2D eigenvalue weighted by molar-refractivity contribution is -0.300. The average Bonchev–Trinajstić information content (AvgIpc) is 2.60. The van der Waals surface area contributed by atoms with E-state index in [0.29, 0.717) is 0 Å². The Labute approximate surface area is 144 Å². The minimum atomic E-state index is -1.54. The van der Waals surface area contributed by atoms with Crippen LogP contribution in [0.2, 0.25) is 0 Å². The molecule has 0 aliphatic carbocycles. The molecule has 1 fully saturated rings. The molecule has 0 spiro atoms. The summed E-state index contributed by atoms with van der Waals surface area (Å²) in [6, 6.07) is 0. The highest BCUT2D eigenvalue weighted by Gasteiger charge is 2.44. The molecule has 25 heavy (non-hydrogen) atoms. The Morgan fingerprint density at radius 2 is 1.64 bits per heavy atom. The van der Waals surface area contributed by atoms with Gasteiger partial charge in [0, 0.05) is 7.11 Å². The van der Waals surface area contributed by atoms with E-state index in [4.69, 9.17) is 18.9 Å². The Morgan fingerprint density at radius 1 is 1.00 bits per heavy atom. The predicted octanol–water partition coefficient (Wildman–Crippen LogP) is -4.11. The molecule has 1 rings (SSSR count). The van der Waals surface area contributed by atoms with E-state index in [1.54, 1.807) is 0 Å². The van der Waals surface area contributed by atoms with Gasteiger partial charge in [-0.3, -0.25) is 0 Å². The second-order valence-corrected chi connectivity index (χ2v) is 5.85. The first-order chi connectivity index (χ1) is 11.7. The number of rotatable bonds is 10. The summed E-state index contributed by atoms with van der Waals surface area (Å²) in [6.07, 6.45) is -11.9. The van der Waals surface area contributed by atoms with E-state index < -0.39 is 68.5 Å². The SMILES string of the molecule is CO[C@H]1OC(COCOC(CO)[C@@H](O)C(O)C(C)O)[C@@H](O)C(O)C1O. The van der Waals surface area contributed by atoms with Crippen molar-refractivity contribution in [3.05, 3.63) is 0 Å². The van der Waals surface area contributed by atoms with Crippen LogP contribution in [0.15, 0.2) is 0 Å². The van der Waals surface area contributed by atoms with Gasteiger partial charge in [0.25, 0.3) is 0 Å². The molecule has 1 saturated heterocycles. The highest BCUT2D eigenvalue weighted by Crippen LogP contribution is 2.22. The van der Waals surface area contributed by atoms with Gasteiger partial charge in [0.2, 0.25) is 0 Å². The molecule has 11 nitrogen and oxygen atoms in total. The topological polar surface area (TPSA) is 179 Å². The van der Waals surface area contributed by atoms with Gasteiger partial charge in [-0.2, -0.15) is 0 Å². The standard InChI is InChI=1S/C14H28O11/c1-6(16)9(17)10(18)7(3-15)24-5-23-4-8-11(19)12(20)13(21)14(22-2)25-8/h6-21H,3-5H2,1-2H3/t6?,7?,8?,9?,10-,11-,12?,13?,14+/m1/s1. The summed E-state index contributed by atoms with van der Waals surface area (Å²) >= 11 is 0. The zero-order valence-electron chi connectivity index (χ0n) is 14.1. The molecule has 0 aromatic carbocycles.